The van der Waals surface area contributed by atoms with Crippen LogP contribution in [0.15, 0.2) is 24.5 Å². The van der Waals surface area contributed by atoms with Gasteiger partial charge in [0.05, 0.1) is 6.42 Å². The first kappa shape index (κ1) is 12.6. The molecule has 0 aliphatic carbocycles. The number of hydrogen-bond acceptors (Lipinski definition) is 3. The summed E-state index contributed by atoms with van der Waals surface area (Å²) in [5, 5.41) is 6.97. The first-order valence-corrected chi connectivity index (χ1v) is 6.13. The number of pyridine rings is 1. The summed E-state index contributed by atoms with van der Waals surface area (Å²) in [6.07, 6.45) is 4.92. The number of carbonyl (C=O) groups is 1. The van der Waals surface area contributed by atoms with E-state index in [2.05, 4.69) is 20.6 Å². The Balaban J connectivity index is 1.91. The summed E-state index contributed by atoms with van der Waals surface area (Å²) < 4.78 is 0. The number of rotatable bonds is 6. The summed E-state index contributed by atoms with van der Waals surface area (Å²) in [5.41, 5.74) is 1.82. The van der Waals surface area contributed by atoms with E-state index in [0.717, 1.165) is 29.6 Å². The molecule has 18 heavy (non-hydrogen) atoms. The molecule has 0 spiro atoms. The molecule has 0 saturated heterocycles. The lowest BCUT2D eigenvalue weighted by Gasteiger charge is -2.04. The van der Waals surface area contributed by atoms with E-state index < -0.39 is 0 Å². The fourth-order valence-electron chi connectivity index (χ4n) is 1.89. The van der Waals surface area contributed by atoms with Crippen molar-refractivity contribution < 1.29 is 4.79 Å². The van der Waals surface area contributed by atoms with Crippen LogP contribution in [-0.4, -0.2) is 36.0 Å². The minimum Gasteiger partial charge on any atom is -0.356 e. The fraction of sp³-hybridized carbons (Fsp3) is 0.385. The highest BCUT2D eigenvalue weighted by Crippen LogP contribution is 2.15. The van der Waals surface area contributed by atoms with Crippen LogP contribution in [0.2, 0.25) is 0 Å². The largest absolute Gasteiger partial charge is 0.356 e. The molecular weight excluding hydrogens is 228 g/mol. The zero-order valence-corrected chi connectivity index (χ0v) is 10.5. The molecule has 1 amide bonds. The number of nitrogens with one attached hydrogen (secondary N) is 3. The van der Waals surface area contributed by atoms with E-state index in [1.807, 2.05) is 25.4 Å². The van der Waals surface area contributed by atoms with Crippen LogP contribution in [0, 0.1) is 0 Å². The third kappa shape index (κ3) is 3.07. The molecule has 2 rings (SSSR count). The summed E-state index contributed by atoms with van der Waals surface area (Å²) in [6.45, 7) is 1.62. The minimum absolute atomic E-state index is 0.0517. The van der Waals surface area contributed by atoms with Crippen molar-refractivity contribution in [2.24, 2.45) is 0 Å². The molecular formula is C13H18N4O. The molecule has 3 N–H and O–H groups in total. The van der Waals surface area contributed by atoms with Gasteiger partial charge in [0, 0.05) is 24.3 Å². The van der Waals surface area contributed by atoms with Gasteiger partial charge in [-0.25, -0.2) is 4.98 Å². The van der Waals surface area contributed by atoms with Gasteiger partial charge in [0.1, 0.15) is 5.65 Å². The van der Waals surface area contributed by atoms with E-state index >= 15 is 0 Å². The molecule has 0 aromatic carbocycles. The van der Waals surface area contributed by atoms with Gasteiger partial charge in [-0.15, -0.1) is 0 Å². The molecule has 0 saturated carbocycles. The van der Waals surface area contributed by atoms with Crippen molar-refractivity contribution in [3.05, 3.63) is 30.1 Å². The summed E-state index contributed by atoms with van der Waals surface area (Å²) >= 11 is 0. The van der Waals surface area contributed by atoms with Crippen molar-refractivity contribution in [3.63, 3.8) is 0 Å². The van der Waals surface area contributed by atoms with Crippen molar-refractivity contribution in [1.82, 2.24) is 20.6 Å². The number of fused-ring (bicyclic) bond motifs is 1. The Bertz CT molecular complexity index is 520. The van der Waals surface area contributed by atoms with E-state index in [1.54, 1.807) is 6.20 Å². The lowest BCUT2D eigenvalue weighted by molar-refractivity contribution is -0.120. The van der Waals surface area contributed by atoms with Crippen LogP contribution < -0.4 is 10.6 Å². The third-order valence-electron chi connectivity index (χ3n) is 2.81. The third-order valence-corrected chi connectivity index (χ3v) is 2.81. The standard InChI is InChI=1S/C13H18N4O/c1-14-5-3-7-15-12(18)8-10-9-17-13-11(10)4-2-6-16-13/h2,4,6,9,14H,3,5,7-8H2,1H3,(H,15,18)(H,16,17). The van der Waals surface area contributed by atoms with Crippen molar-refractivity contribution >= 4 is 16.9 Å². The number of amides is 1. The maximum absolute atomic E-state index is 11.8. The number of hydrogen-bond donors (Lipinski definition) is 3. The number of aromatic amines is 1. The Morgan fingerprint density at radius 1 is 1.44 bits per heavy atom. The van der Waals surface area contributed by atoms with Gasteiger partial charge in [-0.1, -0.05) is 0 Å². The van der Waals surface area contributed by atoms with E-state index in [0.29, 0.717) is 13.0 Å². The molecule has 0 unspecified atom stereocenters. The average molecular weight is 246 g/mol. The molecule has 96 valence electrons. The maximum atomic E-state index is 11.8. The van der Waals surface area contributed by atoms with Crippen LogP contribution in [0.5, 0.6) is 0 Å². The van der Waals surface area contributed by atoms with Crippen LogP contribution in [0.1, 0.15) is 12.0 Å². The van der Waals surface area contributed by atoms with E-state index in [1.165, 1.54) is 0 Å². The number of aromatic nitrogens is 2. The summed E-state index contributed by atoms with van der Waals surface area (Å²) in [4.78, 5) is 19.0. The molecule has 2 heterocycles. The molecule has 2 aromatic heterocycles. The SMILES string of the molecule is CNCCCNC(=O)Cc1c[nH]c2ncccc12. The van der Waals surface area contributed by atoms with Gasteiger partial charge in [0.2, 0.25) is 5.91 Å². The van der Waals surface area contributed by atoms with Gasteiger partial charge in [-0.05, 0) is 37.7 Å². The molecule has 0 radical (unpaired) electrons. The zero-order chi connectivity index (χ0) is 12.8. The maximum Gasteiger partial charge on any atom is 0.224 e. The molecule has 0 atom stereocenters. The van der Waals surface area contributed by atoms with Gasteiger partial charge in [-0.2, -0.15) is 0 Å². The number of nitrogens with zero attached hydrogens (tertiary/aromatic N) is 1. The fourth-order valence-corrected chi connectivity index (χ4v) is 1.89. The van der Waals surface area contributed by atoms with Crippen molar-refractivity contribution in [2.75, 3.05) is 20.1 Å². The van der Waals surface area contributed by atoms with Gasteiger partial charge in [-0.3, -0.25) is 4.79 Å². The van der Waals surface area contributed by atoms with E-state index in [9.17, 15) is 4.79 Å². The second-order valence-corrected chi connectivity index (χ2v) is 4.20. The van der Waals surface area contributed by atoms with Gasteiger partial charge < -0.3 is 15.6 Å². The van der Waals surface area contributed by atoms with Crippen LogP contribution in [0.4, 0.5) is 0 Å². The van der Waals surface area contributed by atoms with Crippen LogP contribution >= 0.6 is 0 Å². The highest BCUT2D eigenvalue weighted by molar-refractivity contribution is 5.86. The monoisotopic (exact) mass is 246 g/mol. The van der Waals surface area contributed by atoms with Crippen molar-refractivity contribution in [1.29, 1.82) is 0 Å². The number of carbonyl (C=O) groups excluding carboxylic acids is 1. The summed E-state index contributed by atoms with van der Waals surface area (Å²) in [6, 6.07) is 3.85. The molecule has 0 bridgehead atoms. The molecule has 0 fully saturated rings. The molecule has 0 aliphatic rings. The van der Waals surface area contributed by atoms with Gasteiger partial charge >= 0.3 is 0 Å². The Morgan fingerprint density at radius 3 is 3.17 bits per heavy atom. The second-order valence-electron chi connectivity index (χ2n) is 4.20. The Labute approximate surface area is 106 Å². The Morgan fingerprint density at radius 2 is 2.33 bits per heavy atom. The lowest BCUT2D eigenvalue weighted by atomic mass is 10.1. The first-order valence-electron chi connectivity index (χ1n) is 6.13. The Kier molecular flexibility index (Phi) is 4.30. The van der Waals surface area contributed by atoms with E-state index in [4.69, 9.17) is 0 Å². The average Bonchev–Trinajstić information content (AvgIpc) is 2.78. The molecule has 5 heteroatoms. The summed E-state index contributed by atoms with van der Waals surface area (Å²) in [5.74, 6) is 0.0517. The van der Waals surface area contributed by atoms with Crippen LogP contribution in [0.3, 0.4) is 0 Å². The quantitative estimate of drug-likeness (QED) is 0.661. The zero-order valence-electron chi connectivity index (χ0n) is 10.5. The van der Waals surface area contributed by atoms with Crippen LogP contribution in [-0.2, 0) is 11.2 Å². The van der Waals surface area contributed by atoms with Gasteiger partial charge in [0.25, 0.3) is 0 Å². The topological polar surface area (TPSA) is 69.8 Å². The predicted molar refractivity (Wildman–Crippen MR) is 71.4 cm³/mol. The summed E-state index contributed by atoms with van der Waals surface area (Å²) in [7, 11) is 1.90. The van der Waals surface area contributed by atoms with Gasteiger partial charge in [0.15, 0.2) is 0 Å². The van der Waals surface area contributed by atoms with Crippen molar-refractivity contribution in [3.8, 4) is 0 Å². The lowest BCUT2D eigenvalue weighted by Crippen LogP contribution is -2.27. The highest BCUT2D eigenvalue weighted by Gasteiger charge is 2.08. The van der Waals surface area contributed by atoms with Crippen LogP contribution in [0.25, 0.3) is 11.0 Å². The minimum atomic E-state index is 0.0517. The first-order chi connectivity index (χ1) is 8.81. The predicted octanol–water partition coefficient (Wildman–Crippen LogP) is 0.831. The molecule has 0 aliphatic heterocycles. The molecule has 5 nitrogen and oxygen atoms in total. The smallest absolute Gasteiger partial charge is 0.224 e. The highest BCUT2D eigenvalue weighted by atomic mass is 16.1. The molecule has 2 aromatic rings. The normalized spacial score (nSPS) is 10.7. The number of H-pyrrole nitrogens is 1. The van der Waals surface area contributed by atoms with E-state index in [-0.39, 0.29) is 5.91 Å². The Hall–Kier alpha value is -1.88. The second kappa shape index (κ2) is 6.16. The van der Waals surface area contributed by atoms with Crippen molar-refractivity contribution in [2.45, 2.75) is 12.8 Å².